The SMILES string of the molecule is CC1CCN(Cc2ccc(CNC(=O)CCN3C(=O)C(C)Oc4ccccc43)cc2)CC1. The molecule has 2 aliphatic rings. The predicted molar refractivity (Wildman–Crippen MR) is 125 cm³/mol. The molecule has 6 nitrogen and oxygen atoms in total. The number of carbonyl (C=O) groups excluding carboxylic acids is 2. The number of amides is 2. The molecular weight excluding hydrogens is 402 g/mol. The molecule has 0 aliphatic carbocycles. The van der Waals surface area contributed by atoms with Gasteiger partial charge in [0.2, 0.25) is 5.91 Å². The summed E-state index contributed by atoms with van der Waals surface area (Å²) in [4.78, 5) is 29.1. The fraction of sp³-hybridized carbons (Fsp3) is 0.462. The van der Waals surface area contributed by atoms with Crippen LogP contribution in [-0.2, 0) is 22.7 Å². The van der Waals surface area contributed by atoms with E-state index in [9.17, 15) is 9.59 Å². The second-order valence-electron chi connectivity index (χ2n) is 9.02. The molecule has 0 spiro atoms. The molecule has 170 valence electrons. The Kier molecular flexibility index (Phi) is 7.10. The number of ether oxygens (including phenoxy) is 1. The van der Waals surface area contributed by atoms with E-state index in [4.69, 9.17) is 4.74 Å². The Hall–Kier alpha value is -2.86. The van der Waals surface area contributed by atoms with Crippen LogP contribution >= 0.6 is 0 Å². The lowest BCUT2D eigenvalue weighted by atomic mass is 9.99. The van der Waals surface area contributed by atoms with Gasteiger partial charge in [-0.3, -0.25) is 14.5 Å². The second-order valence-corrected chi connectivity index (χ2v) is 9.02. The summed E-state index contributed by atoms with van der Waals surface area (Å²) in [5, 5.41) is 2.98. The summed E-state index contributed by atoms with van der Waals surface area (Å²) in [5.41, 5.74) is 3.12. The highest BCUT2D eigenvalue weighted by Gasteiger charge is 2.31. The van der Waals surface area contributed by atoms with Crippen LogP contribution in [0.3, 0.4) is 0 Å². The number of carbonyl (C=O) groups is 2. The van der Waals surface area contributed by atoms with Gasteiger partial charge in [-0.05, 0) is 62.0 Å². The largest absolute Gasteiger partial charge is 0.479 e. The summed E-state index contributed by atoms with van der Waals surface area (Å²) < 4.78 is 5.65. The molecule has 0 bridgehead atoms. The zero-order valence-corrected chi connectivity index (χ0v) is 19.0. The number of para-hydroxylation sites is 2. The number of benzene rings is 2. The lowest BCUT2D eigenvalue weighted by Crippen LogP contribution is -2.45. The van der Waals surface area contributed by atoms with E-state index < -0.39 is 6.10 Å². The number of anilines is 1. The number of hydrogen-bond donors (Lipinski definition) is 1. The highest BCUT2D eigenvalue weighted by molar-refractivity contribution is 6.00. The van der Waals surface area contributed by atoms with Gasteiger partial charge >= 0.3 is 0 Å². The maximum atomic E-state index is 12.5. The molecular formula is C26H33N3O3. The molecule has 2 aliphatic heterocycles. The van der Waals surface area contributed by atoms with Crippen LogP contribution in [0.25, 0.3) is 0 Å². The summed E-state index contributed by atoms with van der Waals surface area (Å²) in [7, 11) is 0. The van der Waals surface area contributed by atoms with Gasteiger partial charge in [-0.2, -0.15) is 0 Å². The molecule has 32 heavy (non-hydrogen) atoms. The number of fused-ring (bicyclic) bond motifs is 1. The maximum absolute atomic E-state index is 12.5. The van der Waals surface area contributed by atoms with Gasteiger partial charge in [0, 0.05) is 26.1 Å². The first-order valence-corrected chi connectivity index (χ1v) is 11.6. The third-order valence-electron chi connectivity index (χ3n) is 6.43. The Bertz CT molecular complexity index is 936. The topological polar surface area (TPSA) is 61.9 Å². The molecule has 1 saturated heterocycles. The minimum Gasteiger partial charge on any atom is -0.479 e. The number of likely N-dealkylation sites (tertiary alicyclic amines) is 1. The minimum absolute atomic E-state index is 0.0686. The second kappa shape index (κ2) is 10.2. The van der Waals surface area contributed by atoms with Crippen molar-refractivity contribution < 1.29 is 14.3 Å². The van der Waals surface area contributed by atoms with Gasteiger partial charge in [0.05, 0.1) is 5.69 Å². The zero-order valence-electron chi connectivity index (χ0n) is 19.0. The van der Waals surface area contributed by atoms with E-state index in [0.29, 0.717) is 18.8 Å². The molecule has 1 unspecified atom stereocenters. The molecule has 6 heteroatoms. The first-order valence-electron chi connectivity index (χ1n) is 11.6. The fourth-order valence-corrected chi connectivity index (χ4v) is 4.33. The van der Waals surface area contributed by atoms with Gasteiger partial charge in [0.15, 0.2) is 6.10 Å². The Labute approximate surface area is 190 Å². The molecule has 2 aromatic rings. The van der Waals surface area contributed by atoms with E-state index in [1.165, 1.54) is 31.5 Å². The van der Waals surface area contributed by atoms with Crippen molar-refractivity contribution in [2.24, 2.45) is 5.92 Å². The molecule has 1 N–H and O–H groups in total. The molecule has 2 aromatic carbocycles. The zero-order chi connectivity index (χ0) is 22.5. The van der Waals surface area contributed by atoms with Crippen LogP contribution in [0.5, 0.6) is 5.75 Å². The highest BCUT2D eigenvalue weighted by atomic mass is 16.5. The summed E-state index contributed by atoms with van der Waals surface area (Å²) in [6.45, 7) is 8.24. The molecule has 2 heterocycles. The van der Waals surface area contributed by atoms with E-state index in [1.54, 1.807) is 11.8 Å². The summed E-state index contributed by atoms with van der Waals surface area (Å²) in [5.74, 6) is 1.34. The van der Waals surface area contributed by atoms with Crippen LogP contribution in [0.1, 0.15) is 44.2 Å². The van der Waals surface area contributed by atoms with E-state index in [0.717, 1.165) is 23.7 Å². The first-order chi connectivity index (χ1) is 15.5. The first kappa shape index (κ1) is 22.3. The standard InChI is InChI=1S/C26H33N3O3/c1-19-11-14-28(15-12-19)18-22-9-7-21(8-10-22)17-27-25(30)13-16-29-23-5-3-4-6-24(23)32-20(2)26(29)31/h3-10,19-20H,11-18H2,1-2H3,(H,27,30). The van der Waals surface area contributed by atoms with Crippen LogP contribution in [-0.4, -0.2) is 42.5 Å². The Morgan fingerprint density at radius 3 is 2.47 bits per heavy atom. The third kappa shape index (κ3) is 5.49. The van der Waals surface area contributed by atoms with Crippen LogP contribution in [0.15, 0.2) is 48.5 Å². The summed E-state index contributed by atoms with van der Waals surface area (Å²) >= 11 is 0. The number of hydrogen-bond acceptors (Lipinski definition) is 4. The van der Waals surface area contributed by atoms with Crippen molar-refractivity contribution in [2.45, 2.75) is 52.3 Å². The van der Waals surface area contributed by atoms with Crippen molar-refractivity contribution in [2.75, 3.05) is 24.5 Å². The number of nitrogens with zero attached hydrogens (tertiary/aromatic N) is 2. The van der Waals surface area contributed by atoms with E-state index in [1.807, 2.05) is 24.3 Å². The Morgan fingerprint density at radius 2 is 1.72 bits per heavy atom. The number of nitrogens with one attached hydrogen (secondary N) is 1. The average molecular weight is 436 g/mol. The number of rotatable bonds is 7. The van der Waals surface area contributed by atoms with Gasteiger partial charge in [0.1, 0.15) is 5.75 Å². The van der Waals surface area contributed by atoms with Gasteiger partial charge in [-0.25, -0.2) is 0 Å². The lowest BCUT2D eigenvalue weighted by molar-refractivity contribution is -0.125. The monoisotopic (exact) mass is 435 g/mol. The summed E-state index contributed by atoms with van der Waals surface area (Å²) in [6.07, 6.45) is 2.27. The lowest BCUT2D eigenvalue weighted by Gasteiger charge is -2.32. The normalized spacial score (nSPS) is 19.4. The van der Waals surface area contributed by atoms with Gasteiger partial charge in [0.25, 0.3) is 5.91 Å². The van der Waals surface area contributed by atoms with Crippen LogP contribution < -0.4 is 15.0 Å². The van der Waals surface area contributed by atoms with Crippen LogP contribution in [0, 0.1) is 5.92 Å². The number of piperidine rings is 1. The smallest absolute Gasteiger partial charge is 0.267 e. The van der Waals surface area contributed by atoms with Gasteiger partial charge in [-0.15, -0.1) is 0 Å². The molecule has 0 aromatic heterocycles. The van der Waals surface area contributed by atoms with Crippen molar-refractivity contribution >= 4 is 17.5 Å². The molecule has 0 radical (unpaired) electrons. The van der Waals surface area contributed by atoms with E-state index in [2.05, 4.69) is 41.4 Å². The minimum atomic E-state index is -0.542. The van der Waals surface area contributed by atoms with Crippen molar-refractivity contribution in [3.05, 3.63) is 59.7 Å². The molecule has 1 fully saturated rings. The summed E-state index contributed by atoms with van der Waals surface area (Å²) in [6, 6.07) is 15.9. The van der Waals surface area contributed by atoms with Crippen LogP contribution in [0.4, 0.5) is 5.69 Å². The van der Waals surface area contributed by atoms with Gasteiger partial charge < -0.3 is 15.0 Å². The van der Waals surface area contributed by atoms with Gasteiger partial charge in [-0.1, -0.05) is 43.3 Å². The highest BCUT2D eigenvalue weighted by Crippen LogP contribution is 2.33. The molecule has 4 rings (SSSR count). The van der Waals surface area contributed by atoms with Crippen molar-refractivity contribution in [1.29, 1.82) is 0 Å². The Morgan fingerprint density at radius 1 is 1.03 bits per heavy atom. The van der Waals surface area contributed by atoms with Crippen molar-refractivity contribution in [3.63, 3.8) is 0 Å². The quantitative estimate of drug-likeness (QED) is 0.720. The van der Waals surface area contributed by atoms with E-state index >= 15 is 0 Å². The predicted octanol–water partition coefficient (Wildman–Crippen LogP) is 3.74. The van der Waals surface area contributed by atoms with E-state index in [-0.39, 0.29) is 18.2 Å². The Balaban J connectivity index is 1.24. The maximum Gasteiger partial charge on any atom is 0.267 e. The van der Waals surface area contributed by atoms with Crippen molar-refractivity contribution in [3.8, 4) is 5.75 Å². The average Bonchev–Trinajstić information content (AvgIpc) is 2.80. The molecule has 0 saturated carbocycles. The molecule has 2 amide bonds. The van der Waals surface area contributed by atoms with Crippen molar-refractivity contribution in [1.82, 2.24) is 10.2 Å². The molecule has 1 atom stereocenters. The van der Waals surface area contributed by atoms with Crippen LogP contribution in [0.2, 0.25) is 0 Å². The third-order valence-corrected chi connectivity index (χ3v) is 6.43. The fourth-order valence-electron chi connectivity index (χ4n) is 4.33.